The molecule has 4 heteroatoms. The highest BCUT2D eigenvalue weighted by atomic mass is 16.1. The lowest BCUT2D eigenvalue weighted by Crippen LogP contribution is -2.39. The van der Waals surface area contributed by atoms with Crippen LogP contribution >= 0.6 is 0 Å². The minimum Gasteiger partial charge on any atom is -0.355 e. The number of likely N-dealkylation sites (tertiary alicyclic amines) is 1. The number of rotatable bonds is 5. The van der Waals surface area contributed by atoms with Crippen LogP contribution in [0.3, 0.4) is 0 Å². The van der Waals surface area contributed by atoms with Crippen LogP contribution in [0.25, 0.3) is 0 Å². The van der Waals surface area contributed by atoms with Gasteiger partial charge in [-0.15, -0.1) is 0 Å². The number of carbonyl (C=O) groups is 1. The molecule has 0 radical (unpaired) electrons. The zero-order chi connectivity index (χ0) is 11.8. The molecule has 0 aromatic heterocycles. The first-order chi connectivity index (χ1) is 7.74. The van der Waals surface area contributed by atoms with E-state index < -0.39 is 0 Å². The van der Waals surface area contributed by atoms with Crippen molar-refractivity contribution < 1.29 is 4.79 Å². The second-order valence-corrected chi connectivity index (χ2v) is 4.68. The van der Waals surface area contributed by atoms with E-state index in [-0.39, 0.29) is 11.8 Å². The van der Waals surface area contributed by atoms with Crippen LogP contribution in [-0.4, -0.2) is 43.5 Å². The van der Waals surface area contributed by atoms with E-state index in [1.165, 1.54) is 38.8 Å². The topological polar surface area (TPSA) is 58.4 Å². The Morgan fingerprint density at radius 1 is 1.31 bits per heavy atom. The summed E-state index contributed by atoms with van der Waals surface area (Å²) in [7, 11) is 0. The van der Waals surface area contributed by atoms with Gasteiger partial charge in [-0.2, -0.15) is 0 Å². The number of nitrogens with one attached hydrogen (secondary N) is 1. The highest BCUT2D eigenvalue weighted by Gasteiger charge is 2.11. The first-order valence-corrected chi connectivity index (χ1v) is 6.44. The molecule has 1 atom stereocenters. The van der Waals surface area contributed by atoms with Gasteiger partial charge in [-0.1, -0.05) is 19.8 Å². The maximum atomic E-state index is 11.5. The molecular weight excluding hydrogens is 202 g/mol. The second-order valence-electron chi connectivity index (χ2n) is 4.68. The number of carbonyl (C=O) groups excluding carboxylic acids is 1. The van der Waals surface area contributed by atoms with E-state index >= 15 is 0 Å². The van der Waals surface area contributed by atoms with Crippen LogP contribution in [0.2, 0.25) is 0 Å². The van der Waals surface area contributed by atoms with Gasteiger partial charge in [0.25, 0.3) is 0 Å². The van der Waals surface area contributed by atoms with Crippen molar-refractivity contribution >= 4 is 5.91 Å². The van der Waals surface area contributed by atoms with Gasteiger partial charge >= 0.3 is 0 Å². The second kappa shape index (κ2) is 7.63. The predicted molar refractivity (Wildman–Crippen MR) is 66.1 cm³/mol. The van der Waals surface area contributed by atoms with E-state index in [0.717, 1.165) is 13.1 Å². The molecule has 94 valence electrons. The van der Waals surface area contributed by atoms with Crippen LogP contribution in [0, 0.1) is 5.92 Å². The molecule has 1 saturated heterocycles. The van der Waals surface area contributed by atoms with Gasteiger partial charge in [0.2, 0.25) is 5.91 Å². The number of nitrogens with two attached hydrogens (primary N) is 1. The lowest BCUT2D eigenvalue weighted by molar-refractivity contribution is -0.124. The van der Waals surface area contributed by atoms with E-state index in [0.29, 0.717) is 6.54 Å². The molecule has 1 rings (SSSR count). The number of amides is 1. The van der Waals surface area contributed by atoms with Gasteiger partial charge < -0.3 is 16.0 Å². The molecular formula is C12H25N3O. The third kappa shape index (κ3) is 4.94. The maximum Gasteiger partial charge on any atom is 0.224 e. The molecule has 1 aliphatic rings. The van der Waals surface area contributed by atoms with Gasteiger partial charge in [0, 0.05) is 25.6 Å². The third-order valence-corrected chi connectivity index (χ3v) is 3.23. The van der Waals surface area contributed by atoms with Crippen molar-refractivity contribution in [2.75, 3.05) is 32.7 Å². The van der Waals surface area contributed by atoms with Crippen LogP contribution in [0.5, 0.6) is 0 Å². The number of hydrogen-bond donors (Lipinski definition) is 2. The molecule has 1 fully saturated rings. The van der Waals surface area contributed by atoms with Crippen LogP contribution in [-0.2, 0) is 4.79 Å². The Labute approximate surface area is 98.6 Å². The summed E-state index contributed by atoms with van der Waals surface area (Å²) in [6, 6.07) is 0. The van der Waals surface area contributed by atoms with Crippen molar-refractivity contribution in [3.8, 4) is 0 Å². The molecule has 0 saturated carbocycles. The van der Waals surface area contributed by atoms with Crippen LogP contribution in [0.4, 0.5) is 0 Å². The van der Waals surface area contributed by atoms with E-state index in [1.54, 1.807) is 0 Å². The maximum absolute atomic E-state index is 11.5. The van der Waals surface area contributed by atoms with Crippen molar-refractivity contribution in [3.05, 3.63) is 0 Å². The molecule has 16 heavy (non-hydrogen) atoms. The predicted octanol–water partition coefficient (Wildman–Crippen LogP) is 0.573. The Kier molecular flexibility index (Phi) is 6.42. The Balaban J connectivity index is 2.11. The fourth-order valence-electron chi connectivity index (χ4n) is 1.98. The third-order valence-electron chi connectivity index (χ3n) is 3.23. The quantitative estimate of drug-likeness (QED) is 0.722. The molecule has 0 aromatic rings. The highest BCUT2D eigenvalue weighted by Crippen LogP contribution is 2.08. The summed E-state index contributed by atoms with van der Waals surface area (Å²) in [5.74, 6) is 0.0152. The molecule has 1 unspecified atom stereocenters. The minimum atomic E-state index is -0.0656. The Hall–Kier alpha value is -0.610. The van der Waals surface area contributed by atoms with Gasteiger partial charge in [-0.05, 0) is 25.9 Å². The largest absolute Gasteiger partial charge is 0.355 e. The van der Waals surface area contributed by atoms with Gasteiger partial charge in [0.05, 0.1) is 0 Å². The molecule has 0 aromatic carbocycles. The standard InChI is InChI=1S/C12H25N3O/c1-11(10-13)12(16)14-6-9-15-7-4-2-3-5-8-15/h11H,2-10,13H2,1H3,(H,14,16). The van der Waals surface area contributed by atoms with E-state index in [2.05, 4.69) is 10.2 Å². The van der Waals surface area contributed by atoms with Crippen molar-refractivity contribution in [3.63, 3.8) is 0 Å². The minimum absolute atomic E-state index is 0.0656. The summed E-state index contributed by atoms with van der Waals surface area (Å²) in [6.45, 7) is 6.38. The normalized spacial score (nSPS) is 20.1. The van der Waals surface area contributed by atoms with Gasteiger partial charge in [0.15, 0.2) is 0 Å². The molecule has 4 nitrogen and oxygen atoms in total. The monoisotopic (exact) mass is 227 g/mol. The number of nitrogens with zero attached hydrogens (tertiary/aromatic N) is 1. The van der Waals surface area contributed by atoms with Crippen LogP contribution < -0.4 is 11.1 Å². The van der Waals surface area contributed by atoms with Crippen molar-refractivity contribution in [2.24, 2.45) is 11.7 Å². The summed E-state index contributed by atoms with van der Waals surface area (Å²) in [6.07, 6.45) is 5.31. The van der Waals surface area contributed by atoms with E-state index in [4.69, 9.17) is 5.73 Å². The molecule has 1 amide bonds. The highest BCUT2D eigenvalue weighted by molar-refractivity contribution is 5.78. The summed E-state index contributed by atoms with van der Waals surface area (Å²) in [5.41, 5.74) is 5.44. The zero-order valence-corrected chi connectivity index (χ0v) is 10.4. The molecule has 0 spiro atoms. The average molecular weight is 227 g/mol. The molecule has 1 heterocycles. The van der Waals surface area contributed by atoms with Crippen LogP contribution in [0.15, 0.2) is 0 Å². The average Bonchev–Trinajstić information content (AvgIpc) is 2.56. The summed E-state index contributed by atoms with van der Waals surface area (Å²) >= 11 is 0. The molecule has 0 aliphatic carbocycles. The van der Waals surface area contributed by atoms with Gasteiger partial charge in [-0.25, -0.2) is 0 Å². The molecule has 0 bridgehead atoms. The Morgan fingerprint density at radius 2 is 1.94 bits per heavy atom. The SMILES string of the molecule is CC(CN)C(=O)NCCN1CCCCCC1. The van der Waals surface area contributed by atoms with Crippen molar-refractivity contribution in [1.29, 1.82) is 0 Å². The first-order valence-electron chi connectivity index (χ1n) is 6.44. The van der Waals surface area contributed by atoms with Crippen molar-refractivity contribution in [2.45, 2.75) is 32.6 Å². The van der Waals surface area contributed by atoms with Gasteiger partial charge in [-0.3, -0.25) is 4.79 Å². The van der Waals surface area contributed by atoms with Crippen molar-refractivity contribution in [1.82, 2.24) is 10.2 Å². The van der Waals surface area contributed by atoms with Crippen LogP contribution in [0.1, 0.15) is 32.6 Å². The molecule has 3 N–H and O–H groups in total. The lowest BCUT2D eigenvalue weighted by Gasteiger charge is -2.20. The fraction of sp³-hybridized carbons (Fsp3) is 0.917. The number of hydrogen-bond acceptors (Lipinski definition) is 3. The zero-order valence-electron chi connectivity index (χ0n) is 10.4. The molecule has 1 aliphatic heterocycles. The van der Waals surface area contributed by atoms with E-state index in [9.17, 15) is 4.79 Å². The summed E-state index contributed by atoms with van der Waals surface area (Å²) < 4.78 is 0. The first kappa shape index (κ1) is 13.5. The van der Waals surface area contributed by atoms with E-state index in [1.807, 2.05) is 6.92 Å². The van der Waals surface area contributed by atoms with Gasteiger partial charge in [0.1, 0.15) is 0 Å². The fourth-order valence-corrected chi connectivity index (χ4v) is 1.98. The summed E-state index contributed by atoms with van der Waals surface area (Å²) in [5, 5.41) is 2.94. The summed E-state index contributed by atoms with van der Waals surface area (Å²) in [4.78, 5) is 13.9. The Morgan fingerprint density at radius 3 is 2.50 bits per heavy atom. The Bertz CT molecular complexity index is 200. The lowest BCUT2D eigenvalue weighted by atomic mass is 10.2. The smallest absolute Gasteiger partial charge is 0.224 e.